The van der Waals surface area contributed by atoms with Crippen molar-refractivity contribution in [3.63, 3.8) is 0 Å². The maximum absolute atomic E-state index is 9.40. The first kappa shape index (κ1) is 38.2. The zero-order valence-electron chi connectivity index (χ0n) is 21.3. The molecule has 0 aromatic rings. The number of carbonyl (C=O) groups is 1. The molecule has 0 aliphatic rings. The summed E-state index contributed by atoms with van der Waals surface area (Å²) in [5, 5.41) is 42.3. The van der Waals surface area contributed by atoms with Crippen molar-refractivity contribution in [1.29, 1.82) is 21.0 Å². The fraction of sp³-hybridized carbons (Fsp3) is 0.800. The normalized spacial score (nSPS) is 12.5. The molecule has 0 aliphatic carbocycles. The van der Waals surface area contributed by atoms with Crippen molar-refractivity contribution in [3.8, 4) is 24.3 Å². The molecule has 0 saturated carbocycles. The lowest BCUT2D eigenvalue weighted by Gasteiger charge is -2.11. The van der Waals surface area contributed by atoms with Gasteiger partial charge in [0.1, 0.15) is 12.4 Å². The van der Waals surface area contributed by atoms with Gasteiger partial charge >= 0.3 is 0 Å². The molecule has 3 N–H and O–H groups in total. The zero-order valence-corrected chi connectivity index (χ0v) is 22.1. The second kappa shape index (κ2) is 34.5. The summed E-state index contributed by atoms with van der Waals surface area (Å²) in [5.74, 6) is 1.16. The van der Waals surface area contributed by atoms with Crippen molar-refractivity contribution in [1.82, 2.24) is 0 Å². The number of nitriles is 4. The van der Waals surface area contributed by atoms with E-state index in [4.69, 9.17) is 31.9 Å². The molecule has 0 aliphatic heterocycles. The molecule has 0 aromatic heterocycles. The van der Waals surface area contributed by atoms with Crippen molar-refractivity contribution in [2.75, 3.05) is 12.0 Å². The molecule has 4 unspecified atom stereocenters. The summed E-state index contributed by atoms with van der Waals surface area (Å²) >= 11 is 1.76. The largest absolute Gasteiger partial charge is 0.378 e. The Labute approximate surface area is 207 Å². The molecule has 0 rings (SSSR count). The van der Waals surface area contributed by atoms with Gasteiger partial charge in [-0.3, -0.25) is 0 Å². The number of thioether (sulfide) groups is 1. The molecule has 0 spiro atoms. The topological polar surface area (TPSA) is 158 Å². The highest BCUT2D eigenvalue weighted by Gasteiger charge is 2.14. The van der Waals surface area contributed by atoms with Gasteiger partial charge in [0.2, 0.25) is 0 Å². The third-order valence-corrected chi connectivity index (χ3v) is 4.77. The van der Waals surface area contributed by atoms with Gasteiger partial charge in [0.15, 0.2) is 0 Å². The summed E-state index contributed by atoms with van der Waals surface area (Å²) in [6.45, 7) is 8.00. The summed E-state index contributed by atoms with van der Waals surface area (Å²) in [6, 6.07) is 8.00. The van der Waals surface area contributed by atoms with Crippen LogP contribution in [0.3, 0.4) is 0 Å². The average Bonchev–Trinajstić information content (AvgIpc) is 2.83. The van der Waals surface area contributed by atoms with Gasteiger partial charge in [-0.1, -0.05) is 47.0 Å². The van der Waals surface area contributed by atoms with E-state index in [0.717, 1.165) is 63.4 Å². The summed E-state index contributed by atoms with van der Waals surface area (Å²) in [5.41, 5.74) is 5.22. The Hall–Kier alpha value is -2.10. The highest BCUT2D eigenvalue weighted by atomic mass is 32.2. The Morgan fingerprint density at radius 1 is 0.818 bits per heavy atom. The van der Waals surface area contributed by atoms with Gasteiger partial charge in [-0.2, -0.15) is 32.8 Å². The average molecular weight is 480 g/mol. The number of carbonyl (C=O) groups excluding carboxylic acids is 1. The number of rotatable bonds is 13. The predicted octanol–water partition coefficient (Wildman–Crippen LogP) is 5.50. The summed E-state index contributed by atoms with van der Waals surface area (Å²) in [6.07, 6.45) is 10.8. The van der Waals surface area contributed by atoms with Crippen LogP contribution in [0.25, 0.3) is 0 Å². The Kier molecular flexibility index (Phi) is 39.9. The van der Waals surface area contributed by atoms with E-state index in [2.05, 4.69) is 19.1 Å². The molecule has 0 bridgehead atoms. The van der Waals surface area contributed by atoms with E-state index in [1.54, 1.807) is 17.8 Å². The Balaban J connectivity index is -0.000000187. The molecule has 7 nitrogen and oxygen atoms in total. The molecule has 0 fully saturated rings. The van der Waals surface area contributed by atoms with Crippen LogP contribution < -0.4 is 5.73 Å². The molecule has 4 atom stereocenters. The van der Waals surface area contributed by atoms with Gasteiger partial charge in [-0.15, -0.1) is 0 Å². The predicted molar refractivity (Wildman–Crippen MR) is 137 cm³/mol. The molecule has 33 heavy (non-hydrogen) atoms. The Morgan fingerprint density at radius 3 is 1.58 bits per heavy atom. The lowest BCUT2D eigenvalue weighted by molar-refractivity contribution is -0.107. The monoisotopic (exact) mass is 479 g/mol. The van der Waals surface area contributed by atoms with Crippen molar-refractivity contribution in [2.45, 2.75) is 104 Å². The molecule has 0 saturated heterocycles. The Bertz CT molecular complexity index is 553. The highest BCUT2D eigenvalue weighted by Crippen LogP contribution is 2.20. The lowest BCUT2D eigenvalue weighted by Crippen LogP contribution is -2.15. The number of hydrogen-bond acceptors (Lipinski definition) is 8. The first-order valence-corrected chi connectivity index (χ1v) is 13.2. The van der Waals surface area contributed by atoms with E-state index in [9.17, 15) is 4.79 Å². The first-order valence-electron chi connectivity index (χ1n) is 11.8. The molecule has 0 radical (unpaired) electrons. The summed E-state index contributed by atoms with van der Waals surface area (Å²) in [7, 11) is 0. The molecular weight excluding hydrogens is 434 g/mol. The number of aliphatic hydroxyl groups is 1. The van der Waals surface area contributed by atoms with Crippen LogP contribution in [0.1, 0.15) is 91.9 Å². The van der Waals surface area contributed by atoms with Gasteiger partial charge in [0.05, 0.1) is 30.3 Å². The number of aliphatic hydroxyl groups excluding tert-OH is 1. The fourth-order valence-electron chi connectivity index (χ4n) is 2.25. The van der Waals surface area contributed by atoms with Gasteiger partial charge < -0.3 is 15.6 Å². The van der Waals surface area contributed by atoms with Crippen LogP contribution in [-0.2, 0) is 4.79 Å². The van der Waals surface area contributed by atoms with E-state index in [-0.39, 0.29) is 17.9 Å². The fourth-order valence-corrected chi connectivity index (χ4v) is 2.77. The van der Waals surface area contributed by atoms with Gasteiger partial charge in [-0.05, 0) is 50.5 Å². The van der Waals surface area contributed by atoms with Crippen LogP contribution in [0.15, 0.2) is 0 Å². The quantitative estimate of drug-likeness (QED) is 0.258. The molecule has 8 heteroatoms. The molecule has 0 amide bonds. The van der Waals surface area contributed by atoms with Crippen molar-refractivity contribution in [2.24, 2.45) is 17.6 Å². The highest BCUT2D eigenvalue weighted by molar-refractivity contribution is 7.98. The summed E-state index contributed by atoms with van der Waals surface area (Å²) in [4.78, 5) is 9.40. The lowest BCUT2D eigenvalue weighted by atomic mass is 9.91. The third-order valence-electron chi connectivity index (χ3n) is 4.12. The second-order valence-electron chi connectivity index (χ2n) is 7.37. The van der Waals surface area contributed by atoms with Gasteiger partial charge in [-0.25, -0.2) is 0 Å². The molecular formula is C25H45N5O2S. The molecule has 188 valence electrons. The zero-order chi connectivity index (χ0) is 26.3. The standard InChI is InChI=1S/C11H18N2S.C5H10N2.C5H9NO.C4H8O/c1-3-4-10(8-12)7-11(9-13)5-6-14-2;2*1-2-3-5(7)4-6;1-2-3-4-5/h10-11H,3-7H2,1-2H3;5H,2-3,7H2,1H3;5,7H,2-3H2,1H3;4H,2-3H2,1H3. The van der Waals surface area contributed by atoms with Crippen LogP contribution in [0.5, 0.6) is 0 Å². The maximum Gasteiger partial charge on any atom is 0.140 e. The van der Waals surface area contributed by atoms with Crippen LogP contribution in [0, 0.1) is 57.2 Å². The first-order chi connectivity index (χ1) is 15.8. The number of nitrogens with zero attached hydrogens (tertiary/aromatic N) is 4. The van der Waals surface area contributed by atoms with E-state index in [1.807, 2.05) is 33.1 Å². The van der Waals surface area contributed by atoms with Crippen LogP contribution >= 0.6 is 11.8 Å². The van der Waals surface area contributed by atoms with Crippen LogP contribution in [-0.4, -0.2) is 35.5 Å². The van der Waals surface area contributed by atoms with E-state index in [0.29, 0.717) is 12.8 Å². The molecule has 0 aromatic carbocycles. The smallest absolute Gasteiger partial charge is 0.140 e. The Morgan fingerprint density at radius 2 is 1.33 bits per heavy atom. The summed E-state index contributed by atoms with van der Waals surface area (Å²) < 4.78 is 0. The SMILES string of the molecule is CCCC(C#N)CC(C#N)CCSC.CCCC(N)C#N.CCCC(O)C#N.CCCC=O. The number of aldehydes is 1. The van der Waals surface area contributed by atoms with Crippen LogP contribution in [0.4, 0.5) is 0 Å². The van der Waals surface area contributed by atoms with Crippen LogP contribution in [0.2, 0.25) is 0 Å². The van der Waals surface area contributed by atoms with Gasteiger partial charge in [0.25, 0.3) is 0 Å². The van der Waals surface area contributed by atoms with Crippen molar-refractivity contribution >= 4 is 18.0 Å². The number of unbranched alkanes of at least 4 members (excludes halogenated alkanes) is 1. The third kappa shape index (κ3) is 37.5. The number of nitrogens with two attached hydrogens (primary N) is 1. The number of hydrogen-bond donors (Lipinski definition) is 2. The minimum Gasteiger partial charge on any atom is -0.378 e. The van der Waals surface area contributed by atoms with Crippen molar-refractivity contribution < 1.29 is 9.90 Å². The van der Waals surface area contributed by atoms with E-state index >= 15 is 0 Å². The van der Waals surface area contributed by atoms with Gasteiger partial charge in [0, 0.05) is 18.3 Å². The van der Waals surface area contributed by atoms with E-state index in [1.165, 1.54) is 0 Å². The molecule has 0 heterocycles. The minimum absolute atomic E-state index is 0.0682. The minimum atomic E-state index is -0.745. The van der Waals surface area contributed by atoms with E-state index < -0.39 is 6.10 Å². The van der Waals surface area contributed by atoms with Crippen molar-refractivity contribution in [3.05, 3.63) is 0 Å². The second-order valence-corrected chi connectivity index (χ2v) is 8.36. The maximum atomic E-state index is 9.40.